The molecule has 1 heterocycles. The number of anilines is 1. The number of nitrogens with one attached hydrogen (secondary N) is 1. The molecule has 1 atom stereocenters. The van der Waals surface area contributed by atoms with Crippen LogP contribution in [0.25, 0.3) is 0 Å². The Morgan fingerprint density at radius 1 is 1.35 bits per heavy atom. The fraction of sp³-hybridized carbons (Fsp3) is 0.294. The Bertz CT molecular complexity index is 828. The van der Waals surface area contributed by atoms with Gasteiger partial charge in [0.2, 0.25) is 11.5 Å². The van der Waals surface area contributed by atoms with Gasteiger partial charge in [-0.15, -0.1) is 0 Å². The van der Waals surface area contributed by atoms with Crippen LogP contribution in [0.2, 0.25) is 0 Å². The number of rotatable bonds is 3. The third kappa shape index (κ3) is 2.51. The summed E-state index contributed by atoms with van der Waals surface area (Å²) < 4.78 is 6.76. The topological polar surface area (TPSA) is 86.3 Å². The zero-order valence-electron chi connectivity index (χ0n) is 13.1. The monoisotopic (exact) mass is 313 g/mol. The molecule has 23 heavy (non-hydrogen) atoms. The van der Waals surface area contributed by atoms with Crippen LogP contribution >= 0.6 is 0 Å². The first-order valence-corrected chi connectivity index (χ1v) is 7.39. The van der Waals surface area contributed by atoms with Gasteiger partial charge in [0.25, 0.3) is 0 Å². The second kappa shape index (κ2) is 5.55. The van der Waals surface area contributed by atoms with Crippen LogP contribution in [0.1, 0.15) is 17.5 Å². The van der Waals surface area contributed by atoms with Crippen LogP contribution < -0.4 is 21.3 Å². The number of aryl methyl sites for hydroxylation is 1. The zero-order chi connectivity index (χ0) is 16.6. The van der Waals surface area contributed by atoms with Gasteiger partial charge in [0.05, 0.1) is 12.8 Å². The highest BCUT2D eigenvalue weighted by molar-refractivity contribution is 5.99. The number of amides is 1. The van der Waals surface area contributed by atoms with Gasteiger partial charge in [-0.2, -0.15) is 0 Å². The van der Waals surface area contributed by atoms with Gasteiger partial charge in [-0.25, -0.2) is 0 Å². The highest BCUT2D eigenvalue weighted by Crippen LogP contribution is 2.40. The minimum absolute atomic E-state index is 0.138. The number of ether oxygens (including phenoxy) is 1. The largest absolute Gasteiger partial charge is 0.496 e. The van der Waals surface area contributed by atoms with Crippen molar-refractivity contribution in [3.8, 4) is 5.75 Å². The number of carbonyl (C=O) groups excluding carboxylic acids is 1. The molecule has 0 saturated heterocycles. The Morgan fingerprint density at radius 2 is 2.13 bits per heavy atom. The van der Waals surface area contributed by atoms with Crippen molar-refractivity contribution < 1.29 is 9.53 Å². The minimum Gasteiger partial charge on any atom is -0.496 e. The zero-order valence-corrected chi connectivity index (χ0v) is 13.1. The van der Waals surface area contributed by atoms with E-state index in [1.165, 1.54) is 10.6 Å². The van der Waals surface area contributed by atoms with E-state index in [9.17, 15) is 9.59 Å². The van der Waals surface area contributed by atoms with Crippen molar-refractivity contribution >= 4 is 11.6 Å². The standard InChI is InChI=1S/C17H19N3O3/c1-20-10-11(6-7-15(20)21)19-16(22)17(18)9-8-12-13(17)4-3-5-14(12)23-2/h3-7,10H,8-9,18H2,1-2H3,(H,19,22). The number of benzene rings is 1. The molecule has 3 rings (SSSR count). The van der Waals surface area contributed by atoms with Gasteiger partial charge >= 0.3 is 0 Å². The van der Waals surface area contributed by atoms with Crippen molar-refractivity contribution in [3.63, 3.8) is 0 Å². The summed E-state index contributed by atoms with van der Waals surface area (Å²) in [7, 11) is 3.24. The van der Waals surface area contributed by atoms with Crippen LogP contribution in [0, 0.1) is 0 Å². The molecule has 6 nitrogen and oxygen atoms in total. The molecule has 0 saturated carbocycles. The number of hydrogen-bond donors (Lipinski definition) is 2. The Kier molecular flexibility index (Phi) is 3.69. The van der Waals surface area contributed by atoms with Crippen LogP contribution in [0.3, 0.4) is 0 Å². The van der Waals surface area contributed by atoms with Gasteiger partial charge in [0.1, 0.15) is 11.3 Å². The molecular weight excluding hydrogens is 294 g/mol. The van der Waals surface area contributed by atoms with Gasteiger partial charge in [0, 0.05) is 19.3 Å². The molecule has 0 radical (unpaired) electrons. The average molecular weight is 313 g/mol. The lowest BCUT2D eigenvalue weighted by Crippen LogP contribution is -2.46. The predicted molar refractivity (Wildman–Crippen MR) is 87.5 cm³/mol. The fourth-order valence-corrected chi connectivity index (χ4v) is 3.04. The first kappa shape index (κ1) is 15.3. The molecular formula is C17H19N3O3. The highest BCUT2D eigenvalue weighted by atomic mass is 16.5. The molecule has 2 aromatic rings. The summed E-state index contributed by atoms with van der Waals surface area (Å²) in [5.41, 5.74) is 7.49. The first-order chi connectivity index (χ1) is 11.0. The van der Waals surface area contributed by atoms with E-state index in [2.05, 4.69) is 5.32 Å². The molecule has 1 aliphatic carbocycles. The maximum Gasteiger partial charge on any atom is 0.250 e. The second-order valence-corrected chi connectivity index (χ2v) is 5.78. The molecule has 1 amide bonds. The van der Waals surface area contributed by atoms with Crippen LogP contribution in [-0.4, -0.2) is 17.6 Å². The quantitative estimate of drug-likeness (QED) is 0.889. The first-order valence-electron chi connectivity index (χ1n) is 7.39. The van der Waals surface area contributed by atoms with Crippen molar-refractivity contribution in [2.75, 3.05) is 12.4 Å². The maximum absolute atomic E-state index is 12.7. The molecule has 1 unspecified atom stereocenters. The lowest BCUT2D eigenvalue weighted by atomic mass is 9.91. The third-order valence-electron chi connectivity index (χ3n) is 4.35. The lowest BCUT2D eigenvalue weighted by Gasteiger charge is -2.24. The summed E-state index contributed by atoms with van der Waals surface area (Å²) >= 11 is 0. The van der Waals surface area contributed by atoms with Crippen molar-refractivity contribution in [2.24, 2.45) is 12.8 Å². The summed E-state index contributed by atoms with van der Waals surface area (Å²) in [6.07, 6.45) is 2.78. The van der Waals surface area contributed by atoms with E-state index in [4.69, 9.17) is 10.5 Å². The number of fused-ring (bicyclic) bond motifs is 1. The number of nitrogens with zero attached hydrogens (tertiary/aromatic N) is 1. The SMILES string of the molecule is COc1cccc2c1CCC2(N)C(=O)Nc1ccc(=O)n(C)c1. The number of aromatic nitrogens is 1. The number of pyridine rings is 1. The normalized spacial score (nSPS) is 19.3. The van der Waals surface area contributed by atoms with Crippen LogP contribution in [0.15, 0.2) is 41.3 Å². The van der Waals surface area contributed by atoms with Crippen molar-refractivity contribution in [1.29, 1.82) is 0 Å². The van der Waals surface area contributed by atoms with Gasteiger partial charge in [-0.1, -0.05) is 12.1 Å². The lowest BCUT2D eigenvalue weighted by molar-refractivity contribution is -0.121. The van der Waals surface area contributed by atoms with Crippen molar-refractivity contribution in [1.82, 2.24) is 4.57 Å². The molecule has 0 aliphatic heterocycles. The summed E-state index contributed by atoms with van der Waals surface area (Å²) in [5.74, 6) is 0.466. The predicted octanol–water partition coefficient (Wildman–Crippen LogP) is 1.13. The number of methoxy groups -OCH3 is 1. The fourth-order valence-electron chi connectivity index (χ4n) is 3.04. The van der Waals surface area contributed by atoms with Gasteiger partial charge < -0.3 is 20.4 Å². The van der Waals surface area contributed by atoms with E-state index < -0.39 is 5.54 Å². The van der Waals surface area contributed by atoms with Crippen LogP contribution in [0.5, 0.6) is 5.75 Å². The van der Waals surface area contributed by atoms with E-state index in [0.717, 1.165) is 16.9 Å². The van der Waals surface area contributed by atoms with Gasteiger partial charge in [0.15, 0.2) is 0 Å². The number of carbonyl (C=O) groups is 1. The Hall–Kier alpha value is -2.60. The smallest absolute Gasteiger partial charge is 0.250 e. The van der Waals surface area contributed by atoms with Gasteiger partial charge in [-0.05, 0) is 36.1 Å². The van der Waals surface area contributed by atoms with E-state index >= 15 is 0 Å². The number of nitrogens with two attached hydrogens (primary N) is 1. The molecule has 0 fully saturated rings. The molecule has 1 aromatic heterocycles. The van der Waals surface area contributed by atoms with Crippen molar-refractivity contribution in [3.05, 3.63) is 58.0 Å². The summed E-state index contributed by atoms with van der Waals surface area (Å²) in [5, 5.41) is 2.81. The molecule has 3 N–H and O–H groups in total. The highest BCUT2D eigenvalue weighted by Gasteiger charge is 2.43. The average Bonchev–Trinajstić information content (AvgIpc) is 2.90. The summed E-state index contributed by atoms with van der Waals surface area (Å²) in [4.78, 5) is 24.2. The van der Waals surface area contributed by atoms with Gasteiger partial charge in [-0.3, -0.25) is 9.59 Å². The molecule has 0 bridgehead atoms. The summed E-state index contributed by atoms with van der Waals surface area (Å²) in [6, 6.07) is 8.56. The molecule has 120 valence electrons. The Morgan fingerprint density at radius 3 is 2.83 bits per heavy atom. The van der Waals surface area contributed by atoms with E-state index in [1.54, 1.807) is 26.4 Å². The molecule has 1 aromatic carbocycles. The number of hydrogen-bond acceptors (Lipinski definition) is 4. The van der Waals surface area contributed by atoms with E-state index in [-0.39, 0.29) is 11.5 Å². The maximum atomic E-state index is 12.7. The molecule has 1 aliphatic rings. The van der Waals surface area contributed by atoms with E-state index in [1.807, 2.05) is 18.2 Å². The van der Waals surface area contributed by atoms with Crippen LogP contribution in [0.4, 0.5) is 5.69 Å². The van der Waals surface area contributed by atoms with Crippen LogP contribution in [-0.2, 0) is 23.8 Å². The Labute approximate surface area is 133 Å². The molecule has 6 heteroatoms. The third-order valence-corrected chi connectivity index (χ3v) is 4.35. The second-order valence-electron chi connectivity index (χ2n) is 5.78. The van der Waals surface area contributed by atoms with E-state index in [0.29, 0.717) is 18.5 Å². The minimum atomic E-state index is -1.10. The molecule has 0 spiro atoms. The van der Waals surface area contributed by atoms with Crippen molar-refractivity contribution in [2.45, 2.75) is 18.4 Å². The Balaban J connectivity index is 1.92. The summed E-state index contributed by atoms with van der Waals surface area (Å²) in [6.45, 7) is 0.